The molecule has 0 bridgehead atoms. The fourth-order valence-corrected chi connectivity index (χ4v) is 0. The summed E-state index contributed by atoms with van der Waals surface area (Å²) in [7, 11) is -3.63. The van der Waals surface area contributed by atoms with Gasteiger partial charge in [0, 0.05) is 9.17 Å². The van der Waals surface area contributed by atoms with Gasteiger partial charge in [-0.1, -0.05) is 0 Å². The summed E-state index contributed by atoms with van der Waals surface area (Å²) in [4.78, 5) is 17.0. The summed E-state index contributed by atoms with van der Waals surface area (Å²) in [6.45, 7) is 0. The Hall–Kier alpha value is 0.439. The maximum Gasteiger partial charge on any atom is 3.00 e. The summed E-state index contributed by atoms with van der Waals surface area (Å²) in [6, 6.07) is 0. The minimum absolute atomic E-state index is 0. The van der Waals surface area contributed by atoms with Gasteiger partial charge in [0.1, 0.15) is 0 Å². The average Bonchev–Trinajstić information content (AvgIpc) is 0.811. The third-order valence-electron chi connectivity index (χ3n) is 0. The molecular formula is AlClO3Si. The average molecular weight is 139 g/mol. The van der Waals surface area contributed by atoms with Crippen molar-refractivity contribution in [3.8, 4) is 0 Å². The van der Waals surface area contributed by atoms with Crippen LogP contribution in [0.3, 0.4) is 0 Å². The van der Waals surface area contributed by atoms with Crippen LogP contribution in [0.15, 0.2) is 0 Å². The molecule has 0 aromatic rings. The maximum atomic E-state index is 8.52. The molecule has 6 heteroatoms. The van der Waals surface area contributed by atoms with E-state index in [1.54, 1.807) is 0 Å². The van der Waals surface area contributed by atoms with Crippen LogP contribution in [0.1, 0.15) is 0 Å². The molecule has 0 aliphatic rings. The van der Waals surface area contributed by atoms with E-state index in [1.807, 2.05) is 0 Å². The molecule has 0 saturated carbocycles. The summed E-state index contributed by atoms with van der Waals surface area (Å²) >= 11 is 0. The molecule has 6 heavy (non-hydrogen) atoms. The third kappa shape index (κ3) is 272. The molecule has 0 unspecified atom stereocenters. The molecule has 32 valence electrons. The van der Waals surface area contributed by atoms with Gasteiger partial charge in [0.25, 0.3) is 0 Å². The molecule has 0 heterocycles. The summed E-state index contributed by atoms with van der Waals surface area (Å²) in [5.74, 6) is 0. The van der Waals surface area contributed by atoms with Crippen LogP contribution in [-0.4, -0.2) is 26.5 Å². The summed E-state index contributed by atoms with van der Waals surface area (Å²) in [6.07, 6.45) is 0. The first-order valence-electron chi connectivity index (χ1n) is 0.612. The van der Waals surface area contributed by atoms with Gasteiger partial charge in [-0.15, -0.1) is 0 Å². The first-order valence-corrected chi connectivity index (χ1v) is 1.84. The second-order valence-corrected chi connectivity index (χ2v) is 0.750. The van der Waals surface area contributed by atoms with E-state index in [0.29, 0.717) is 0 Å². The summed E-state index contributed by atoms with van der Waals surface area (Å²) in [5, 5.41) is 0. The fraction of sp³-hybridized carbons (Fsp3) is 0. The molecule has 0 saturated heterocycles. The molecule has 0 fully saturated rings. The Labute approximate surface area is 53.4 Å². The predicted molar refractivity (Wildman–Crippen MR) is 12.2 cm³/mol. The van der Waals surface area contributed by atoms with E-state index in [1.165, 1.54) is 0 Å². The van der Waals surface area contributed by atoms with Gasteiger partial charge in [-0.05, 0) is 0 Å². The van der Waals surface area contributed by atoms with E-state index in [2.05, 4.69) is 0 Å². The van der Waals surface area contributed by atoms with Crippen molar-refractivity contribution in [2.24, 2.45) is 0 Å². The van der Waals surface area contributed by atoms with Crippen molar-refractivity contribution < 1.29 is 26.5 Å². The van der Waals surface area contributed by atoms with Crippen LogP contribution in [0.2, 0.25) is 0 Å². The van der Waals surface area contributed by atoms with Crippen LogP contribution in [0.25, 0.3) is 0 Å². The number of hydrogen-bond acceptors (Lipinski definition) is 3. The zero-order valence-corrected chi connectivity index (χ0v) is 5.59. The van der Waals surface area contributed by atoms with E-state index in [9.17, 15) is 0 Å². The van der Waals surface area contributed by atoms with Crippen LogP contribution in [0.5, 0.6) is 0 Å². The van der Waals surface area contributed by atoms with Crippen molar-refractivity contribution in [1.29, 1.82) is 0 Å². The fourth-order valence-electron chi connectivity index (χ4n) is 0. The molecule has 3 nitrogen and oxygen atoms in total. The summed E-state index contributed by atoms with van der Waals surface area (Å²) in [5.41, 5.74) is 0. The second-order valence-electron chi connectivity index (χ2n) is 0.250. The molecule has 0 spiro atoms. The molecule has 0 N–H and O–H groups in total. The van der Waals surface area contributed by atoms with E-state index in [0.717, 1.165) is 0 Å². The van der Waals surface area contributed by atoms with Crippen molar-refractivity contribution in [2.45, 2.75) is 0 Å². The Morgan fingerprint density at radius 1 is 1.33 bits per heavy atom. The van der Waals surface area contributed by atoms with Crippen LogP contribution in [0, 0.1) is 0 Å². The molecule has 0 aliphatic carbocycles. The Morgan fingerprint density at radius 2 is 1.33 bits per heavy atom. The van der Waals surface area contributed by atoms with Crippen molar-refractivity contribution in [1.82, 2.24) is 0 Å². The van der Waals surface area contributed by atoms with Gasteiger partial charge in [0.15, 0.2) is 0 Å². The molecule has 0 aromatic carbocycles. The van der Waals surface area contributed by atoms with Gasteiger partial charge in [0.05, 0.1) is 0 Å². The van der Waals surface area contributed by atoms with Gasteiger partial charge in [-0.2, -0.15) is 0 Å². The molecule has 0 aliphatic heterocycles. The molecule has 0 rings (SSSR count). The third-order valence-corrected chi connectivity index (χ3v) is 0. The van der Waals surface area contributed by atoms with Gasteiger partial charge in [0.2, 0.25) is 0 Å². The Balaban J connectivity index is -0.0000000450. The standard InChI is InChI=1S/Al.ClH.O3Si/c;;1-4(2)3/h;1H;/q+3;;-2/p-1. The monoisotopic (exact) mass is 138 g/mol. The molecule has 0 amide bonds. The van der Waals surface area contributed by atoms with Gasteiger partial charge < -0.3 is 26.5 Å². The van der Waals surface area contributed by atoms with Crippen LogP contribution >= 0.6 is 0 Å². The van der Waals surface area contributed by atoms with Gasteiger partial charge in [-0.25, -0.2) is 0 Å². The molecule has 0 radical (unpaired) electrons. The van der Waals surface area contributed by atoms with Crippen LogP contribution < -0.4 is 22.0 Å². The zero-order valence-electron chi connectivity index (χ0n) is 2.68. The SMILES string of the molecule is O=[Si]([O-])[O-].[Al+3].[Cl-]. The van der Waals surface area contributed by atoms with E-state index in [-0.39, 0.29) is 29.8 Å². The predicted octanol–water partition coefficient (Wildman–Crippen LogP) is -6.25. The topological polar surface area (TPSA) is 63.2 Å². The first kappa shape index (κ1) is 16.1. The van der Waals surface area contributed by atoms with Crippen LogP contribution in [-0.2, 0) is 4.46 Å². The van der Waals surface area contributed by atoms with Crippen molar-refractivity contribution in [3.63, 3.8) is 0 Å². The van der Waals surface area contributed by atoms with Crippen molar-refractivity contribution >= 4 is 26.5 Å². The van der Waals surface area contributed by atoms with Gasteiger partial charge >= 0.3 is 17.4 Å². The Morgan fingerprint density at radius 3 is 1.33 bits per heavy atom. The maximum absolute atomic E-state index is 8.52. The molecule has 0 aromatic heterocycles. The quantitative estimate of drug-likeness (QED) is 0.313. The Kier molecular flexibility index (Phi) is 24.3. The largest absolute Gasteiger partial charge is 3.00 e. The molecule has 0 atom stereocenters. The zero-order chi connectivity index (χ0) is 3.58. The van der Waals surface area contributed by atoms with Crippen molar-refractivity contribution in [3.05, 3.63) is 0 Å². The molecular weight excluding hydrogens is 139 g/mol. The first-order chi connectivity index (χ1) is 1.73. The Bertz CT molecular complexity index is 33.8. The number of halogens is 1. The minimum atomic E-state index is -3.63. The van der Waals surface area contributed by atoms with Crippen LogP contribution in [0.4, 0.5) is 0 Å². The van der Waals surface area contributed by atoms with E-state index in [4.69, 9.17) is 14.1 Å². The smallest absolute Gasteiger partial charge is 1.00 e. The number of hydrogen-bond donors (Lipinski definition) is 0. The minimum Gasteiger partial charge on any atom is -1.00 e. The van der Waals surface area contributed by atoms with E-state index >= 15 is 0 Å². The van der Waals surface area contributed by atoms with Crippen molar-refractivity contribution in [2.75, 3.05) is 0 Å². The summed E-state index contributed by atoms with van der Waals surface area (Å²) < 4.78 is 8.52. The number of rotatable bonds is 0. The normalized spacial score (nSPS) is 4.00. The van der Waals surface area contributed by atoms with E-state index < -0.39 is 9.17 Å². The second kappa shape index (κ2) is 9.06. The van der Waals surface area contributed by atoms with Gasteiger partial charge in [-0.3, -0.25) is 0 Å².